The van der Waals surface area contributed by atoms with E-state index in [0.717, 1.165) is 5.75 Å². The first-order valence-corrected chi connectivity index (χ1v) is 6.98. The number of methoxy groups -OCH3 is 1. The van der Waals surface area contributed by atoms with Crippen LogP contribution in [-0.4, -0.2) is 32.1 Å². The Hall–Kier alpha value is -1.02. The van der Waals surface area contributed by atoms with Crippen molar-refractivity contribution in [1.82, 2.24) is 4.90 Å². The monoisotopic (exact) mass is 247 g/mol. The van der Waals surface area contributed by atoms with Crippen LogP contribution >= 0.6 is 0 Å². The molecule has 2 heteroatoms. The summed E-state index contributed by atoms with van der Waals surface area (Å²) in [6.45, 7) is 6.85. The van der Waals surface area contributed by atoms with E-state index in [4.69, 9.17) is 4.74 Å². The Morgan fingerprint density at radius 1 is 1.22 bits per heavy atom. The zero-order valence-electron chi connectivity index (χ0n) is 12.1. The first-order chi connectivity index (χ1) is 8.61. The summed E-state index contributed by atoms with van der Waals surface area (Å²) in [6, 6.07) is 6.80. The normalized spacial score (nSPS) is 18.3. The molecule has 0 atom stereocenters. The largest absolute Gasteiger partial charge is 0.496 e. The van der Waals surface area contributed by atoms with Crippen LogP contribution in [-0.2, 0) is 0 Å². The topological polar surface area (TPSA) is 12.5 Å². The predicted molar refractivity (Wildman–Crippen MR) is 76.6 cm³/mol. The van der Waals surface area contributed by atoms with Gasteiger partial charge in [0.15, 0.2) is 0 Å². The summed E-state index contributed by atoms with van der Waals surface area (Å²) in [5, 5.41) is 0. The Balaban J connectivity index is 2.19. The molecule has 0 amide bonds. The number of ether oxygens (including phenoxy) is 1. The van der Waals surface area contributed by atoms with Gasteiger partial charge in [-0.3, -0.25) is 0 Å². The molecular formula is C16H25NO. The highest BCUT2D eigenvalue weighted by atomic mass is 16.5. The van der Waals surface area contributed by atoms with Gasteiger partial charge in [0.1, 0.15) is 5.75 Å². The van der Waals surface area contributed by atoms with Crippen molar-refractivity contribution in [2.75, 3.05) is 27.2 Å². The molecule has 0 aromatic heterocycles. The van der Waals surface area contributed by atoms with Gasteiger partial charge in [-0.1, -0.05) is 26.0 Å². The van der Waals surface area contributed by atoms with Gasteiger partial charge in [0.2, 0.25) is 0 Å². The third-order valence-electron chi connectivity index (χ3n) is 4.07. The molecule has 1 aliphatic rings. The van der Waals surface area contributed by atoms with Gasteiger partial charge in [0.05, 0.1) is 7.11 Å². The fourth-order valence-corrected chi connectivity index (χ4v) is 2.80. The summed E-state index contributed by atoms with van der Waals surface area (Å²) in [5.41, 5.74) is 2.76. The van der Waals surface area contributed by atoms with Crippen molar-refractivity contribution >= 4 is 0 Å². The number of benzene rings is 1. The lowest BCUT2D eigenvalue weighted by Crippen LogP contribution is -2.29. The number of likely N-dealkylation sites (tertiary alicyclic amines) is 1. The molecule has 2 nitrogen and oxygen atoms in total. The zero-order chi connectivity index (χ0) is 13.1. The third-order valence-corrected chi connectivity index (χ3v) is 4.07. The minimum atomic E-state index is 0.520. The standard InChI is InChI=1S/C16H25NO/c1-12(2)15-6-5-14(11-16(15)18-4)13-7-9-17(3)10-8-13/h5-6,11-13H,7-10H2,1-4H3. The van der Waals surface area contributed by atoms with Crippen molar-refractivity contribution in [3.63, 3.8) is 0 Å². The maximum Gasteiger partial charge on any atom is 0.122 e. The quantitative estimate of drug-likeness (QED) is 0.808. The van der Waals surface area contributed by atoms with Crippen LogP contribution in [0.5, 0.6) is 5.75 Å². The van der Waals surface area contributed by atoms with E-state index in [-0.39, 0.29) is 0 Å². The number of rotatable bonds is 3. The Morgan fingerprint density at radius 2 is 1.89 bits per heavy atom. The van der Waals surface area contributed by atoms with Crippen LogP contribution in [0.1, 0.15) is 49.7 Å². The average molecular weight is 247 g/mol. The Kier molecular flexibility index (Phi) is 4.28. The second-order valence-corrected chi connectivity index (χ2v) is 5.73. The number of hydrogen-bond acceptors (Lipinski definition) is 2. The molecule has 0 bridgehead atoms. The molecule has 1 aromatic carbocycles. The SMILES string of the molecule is COc1cc(C2CCN(C)CC2)ccc1C(C)C. The molecule has 1 saturated heterocycles. The summed E-state index contributed by atoms with van der Waals surface area (Å²) in [6.07, 6.45) is 2.53. The minimum Gasteiger partial charge on any atom is -0.496 e. The summed E-state index contributed by atoms with van der Waals surface area (Å²) in [4.78, 5) is 2.41. The molecule has 100 valence electrons. The molecule has 0 radical (unpaired) electrons. The molecule has 0 saturated carbocycles. The number of nitrogens with zero attached hydrogens (tertiary/aromatic N) is 1. The van der Waals surface area contributed by atoms with E-state index < -0.39 is 0 Å². The van der Waals surface area contributed by atoms with Crippen molar-refractivity contribution in [3.8, 4) is 5.75 Å². The molecule has 1 heterocycles. The molecule has 18 heavy (non-hydrogen) atoms. The van der Waals surface area contributed by atoms with E-state index in [9.17, 15) is 0 Å². The lowest BCUT2D eigenvalue weighted by Gasteiger charge is -2.29. The fourth-order valence-electron chi connectivity index (χ4n) is 2.80. The summed E-state index contributed by atoms with van der Waals surface area (Å²) >= 11 is 0. The van der Waals surface area contributed by atoms with Crippen LogP contribution in [0.15, 0.2) is 18.2 Å². The van der Waals surface area contributed by atoms with E-state index in [1.807, 2.05) is 0 Å². The molecule has 0 aliphatic carbocycles. The molecule has 2 rings (SSSR count). The lowest BCUT2D eigenvalue weighted by atomic mass is 9.88. The molecule has 1 aromatic rings. The van der Waals surface area contributed by atoms with Gasteiger partial charge in [-0.15, -0.1) is 0 Å². The second-order valence-electron chi connectivity index (χ2n) is 5.73. The average Bonchev–Trinajstić information content (AvgIpc) is 2.38. The van der Waals surface area contributed by atoms with E-state index >= 15 is 0 Å². The van der Waals surface area contributed by atoms with Crippen LogP contribution in [0.4, 0.5) is 0 Å². The Labute approximate surface area is 111 Å². The minimum absolute atomic E-state index is 0.520. The van der Waals surface area contributed by atoms with E-state index in [0.29, 0.717) is 11.8 Å². The Morgan fingerprint density at radius 3 is 2.44 bits per heavy atom. The lowest BCUT2D eigenvalue weighted by molar-refractivity contribution is 0.255. The first kappa shape index (κ1) is 13.4. The van der Waals surface area contributed by atoms with Crippen LogP contribution in [0, 0.1) is 0 Å². The third kappa shape index (κ3) is 2.86. The summed E-state index contributed by atoms with van der Waals surface area (Å²) < 4.78 is 5.55. The smallest absolute Gasteiger partial charge is 0.122 e. The molecule has 0 unspecified atom stereocenters. The van der Waals surface area contributed by atoms with E-state index in [1.54, 1.807) is 7.11 Å². The van der Waals surface area contributed by atoms with E-state index in [2.05, 4.69) is 44.0 Å². The van der Waals surface area contributed by atoms with Crippen molar-refractivity contribution in [2.24, 2.45) is 0 Å². The molecule has 0 spiro atoms. The summed E-state index contributed by atoms with van der Waals surface area (Å²) in [5.74, 6) is 2.28. The van der Waals surface area contributed by atoms with Gasteiger partial charge in [-0.2, -0.15) is 0 Å². The maximum atomic E-state index is 5.55. The highest BCUT2D eigenvalue weighted by Gasteiger charge is 2.19. The van der Waals surface area contributed by atoms with Gasteiger partial charge in [0, 0.05) is 0 Å². The first-order valence-electron chi connectivity index (χ1n) is 6.98. The van der Waals surface area contributed by atoms with Crippen molar-refractivity contribution < 1.29 is 4.74 Å². The van der Waals surface area contributed by atoms with Crippen molar-refractivity contribution in [2.45, 2.75) is 38.5 Å². The van der Waals surface area contributed by atoms with Crippen LogP contribution in [0.25, 0.3) is 0 Å². The van der Waals surface area contributed by atoms with Crippen LogP contribution in [0.2, 0.25) is 0 Å². The molecule has 1 aliphatic heterocycles. The molecular weight excluding hydrogens is 222 g/mol. The molecule has 1 fully saturated rings. The fraction of sp³-hybridized carbons (Fsp3) is 0.625. The van der Waals surface area contributed by atoms with E-state index in [1.165, 1.54) is 37.1 Å². The zero-order valence-corrected chi connectivity index (χ0v) is 12.1. The van der Waals surface area contributed by atoms with Crippen molar-refractivity contribution in [1.29, 1.82) is 0 Å². The molecule has 0 N–H and O–H groups in total. The Bertz CT molecular complexity index is 392. The number of piperidine rings is 1. The second kappa shape index (κ2) is 5.75. The van der Waals surface area contributed by atoms with Gasteiger partial charge in [-0.25, -0.2) is 0 Å². The van der Waals surface area contributed by atoms with Gasteiger partial charge >= 0.3 is 0 Å². The highest BCUT2D eigenvalue weighted by Crippen LogP contribution is 2.33. The van der Waals surface area contributed by atoms with Gasteiger partial charge in [-0.05, 0) is 62.0 Å². The predicted octanol–water partition coefficient (Wildman–Crippen LogP) is 3.63. The number of hydrogen-bond donors (Lipinski definition) is 0. The summed E-state index contributed by atoms with van der Waals surface area (Å²) in [7, 11) is 3.98. The van der Waals surface area contributed by atoms with Gasteiger partial charge in [0.25, 0.3) is 0 Å². The highest BCUT2D eigenvalue weighted by molar-refractivity contribution is 5.40. The van der Waals surface area contributed by atoms with Crippen LogP contribution < -0.4 is 4.74 Å². The maximum absolute atomic E-state index is 5.55. The van der Waals surface area contributed by atoms with Gasteiger partial charge < -0.3 is 9.64 Å². The van der Waals surface area contributed by atoms with Crippen LogP contribution in [0.3, 0.4) is 0 Å². The van der Waals surface area contributed by atoms with Crippen molar-refractivity contribution in [3.05, 3.63) is 29.3 Å².